The summed E-state index contributed by atoms with van der Waals surface area (Å²) in [7, 11) is 0. The molecule has 1 aromatic rings. The molecule has 1 atom stereocenters. The third-order valence-electron chi connectivity index (χ3n) is 3.93. The average molecular weight is 278 g/mol. The van der Waals surface area contributed by atoms with Gasteiger partial charge in [0.1, 0.15) is 5.75 Å². The number of likely N-dealkylation sites (N-methyl/N-ethyl adjacent to an activating group) is 1. The number of nitrogens with zero attached hydrogens (tertiary/aromatic N) is 1. The third kappa shape index (κ3) is 3.97. The first-order chi connectivity index (χ1) is 9.32. The summed E-state index contributed by atoms with van der Waals surface area (Å²) in [4.78, 5) is 2.40. The molecule has 0 aliphatic rings. The highest BCUT2D eigenvalue weighted by atomic mass is 16.5. The van der Waals surface area contributed by atoms with E-state index in [1.54, 1.807) is 0 Å². The molecule has 0 saturated carbocycles. The highest BCUT2D eigenvalue weighted by molar-refractivity contribution is 5.32. The molecule has 0 aliphatic carbocycles. The van der Waals surface area contributed by atoms with Gasteiger partial charge in [-0.2, -0.15) is 0 Å². The topological polar surface area (TPSA) is 38.5 Å². The van der Waals surface area contributed by atoms with E-state index in [4.69, 9.17) is 10.5 Å². The molecular weight excluding hydrogens is 248 g/mol. The lowest BCUT2D eigenvalue weighted by molar-refractivity contribution is 0.107. The number of ether oxygens (including phenoxy) is 1. The van der Waals surface area contributed by atoms with Gasteiger partial charge in [0, 0.05) is 11.6 Å². The molecule has 1 unspecified atom stereocenters. The molecule has 0 radical (unpaired) electrons. The van der Waals surface area contributed by atoms with Gasteiger partial charge in [-0.15, -0.1) is 0 Å². The molecule has 0 saturated heterocycles. The van der Waals surface area contributed by atoms with Crippen LogP contribution in [0.1, 0.15) is 53.1 Å². The fraction of sp³-hybridized carbons (Fsp3) is 0.647. The fourth-order valence-corrected chi connectivity index (χ4v) is 2.70. The Kier molecular flexibility index (Phi) is 6.03. The Morgan fingerprint density at radius 2 is 1.80 bits per heavy atom. The molecule has 0 aromatic heterocycles. The summed E-state index contributed by atoms with van der Waals surface area (Å²) >= 11 is 0. The maximum Gasteiger partial charge on any atom is 0.120 e. The van der Waals surface area contributed by atoms with Gasteiger partial charge >= 0.3 is 0 Å². The molecule has 0 amide bonds. The van der Waals surface area contributed by atoms with Crippen LogP contribution >= 0.6 is 0 Å². The minimum absolute atomic E-state index is 0.0434. The van der Waals surface area contributed by atoms with E-state index in [1.165, 1.54) is 0 Å². The summed E-state index contributed by atoms with van der Waals surface area (Å²) in [5.41, 5.74) is 7.57. The van der Waals surface area contributed by atoms with E-state index >= 15 is 0 Å². The van der Waals surface area contributed by atoms with E-state index in [0.29, 0.717) is 0 Å². The van der Waals surface area contributed by atoms with Crippen LogP contribution in [0.4, 0.5) is 0 Å². The Balaban J connectivity index is 2.98. The molecule has 0 heterocycles. The van der Waals surface area contributed by atoms with Crippen LogP contribution in [0.15, 0.2) is 24.3 Å². The zero-order chi connectivity index (χ0) is 15.3. The second-order valence-electron chi connectivity index (χ2n) is 6.04. The van der Waals surface area contributed by atoms with Crippen molar-refractivity contribution in [2.45, 2.75) is 59.2 Å². The van der Waals surface area contributed by atoms with Crippen molar-refractivity contribution < 1.29 is 4.74 Å². The summed E-state index contributed by atoms with van der Waals surface area (Å²) in [6.45, 7) is 14.8. The molecule has 0 spiro atoms. The Hall–Kier alpha value is -1.06. The van der Waals surface area contributed by atoms with Crippen LogP contribution in [0.3, 0.4) is 0 Å². The van der Waals surface area contributed by atoms with E-state index < -0.39 is 0 Å². The second kappa shape index (κ2) is 7.09. The van der Waals surface area contributed by atoms with Gasteiger partial charge in [0.2, 0.25) is 0 Å². The predicted molar refractivity (Wildman–Crippen MR) is 86.1 cm³/mol. The van der Waals surface area contributed by atoms with Gasteiger partial charge in [0.25, 0.3) is 0 Å². The van der Waals surface area contributed by atoms with Crippen LogP contribution in [0, 0.1) is 0 Å². The van der Waals surface area contributed by atoms with Crippen LogP contribution in [0.2, 0.25) is 0 Å². The Morgan fingerprint density at radius 3 is 2.30 bits per heavy atom. The van der Waals surface area contributed by atoms with Crippen molar-refractivity contribution in [3.63, 3.8) is 0 Å². The summed E-state index contributed by atoms with van der Waals surface area (Å²) in [5.74, 6) is 0.892. The SMILES string of the molecule is CCN(CC)C(C)(C)C(N)c1cccc(OC(C)C)c1. The van der Waals surface area contributed by atoms with Crippen molar-refractivity contribution >= 4 is 0 Å². The van der Waals surface area contributed by atoms with Gasteiger partial charge in [-0.1, -0.05) is 26.0 Å². The first-order valence-electron chi connectivity index (χ1n) is 7.60. The Morgan fingerprint density at radius 1 is 1.20 bits per heavy atom. The van der Waals surface area contributed by atoms with Crippen LogP contribution in [-0.2, 0) is 0 Å². The maximum absolute atomic E-state index is 6.53. The standard InChI is InChI=1S/C17H30N2O/c1-7-19(8-2)17(5,6)16(18)14-10-9-11-15(12-14)20-13(3)4/h9-13,16H,7-8,18H2,1-6H3. The van der Waals surface area contributed by atoms with Crippen LogP contribution in [-0.4, -0.2) is 29.6 Å². The zero-order valence-corrected chi connectivity index (χ0v) is 13.8. The molecule has 1 aromatic carbocycles. The smallest absolute Gasteiger partial charge is 0.120 e. The molecule has 0 bridgehead atoms. The summed E-state index contributed by atoms with van der Waals surface area (Å²) < 4.78 is 5.76. The number of benzene rings is 1. The van der Waals surface area contributed by atoms with Gasteiger partial charge in [0.05, 0.1) is 6.10 Å². The first kappa shape index (κ1) is 17.0. The lowest BCUT2D eigenvalue weighted by Gasteiger charge is -2.42. The molecule has 3 nitrogen and oxygen atoms in total. The van der Waals surface area contributed by atoms with Crippen LogP contribution in [0.25, 0.3) is 0 Å². The molecular formula is C17H30N2O. The quantitative estimate of drug-likeness (QED) is 0.828. The minimum atomic E-state index is -0.0834. The summed E-state index contributed by atoms with van der Waals surface area (Å²) in [6, 6.07) is 8.11. The normalized spacial score (nSPS) is 13.8. The molecule has 0 aliphatic heterocycles. The maximum atomic E-state index is 6.53. The van der Waals surface area contributed by atoms with Crippen molar-refractivity contribution in [3.05, 3.63) is 29.8 Å². The van der Waals surface area contributed by atoms with E-state index in [2.05, 4.69) is 44.7 Å². The lowest BCUT2D eigenvalue weighted by atomic mass is 9.87. The number of nitrogens with two attached hydrogens (primary N) is 1. The monoisotopic (exact) mass is 278 g/mol. The van der Waals surface area contributed by atoms with Gasteiger partial charge in [-0.25, -0.2) is 0 Å². The summed E-state index contributed by atoms with van der Waals surface area (Å²) in [6.07, 6.45) is 0.178. The molecule has 20 heavy (non-hydrogen) atoms. The Bertz CT molecular complexity index is 411. The summed E-state index contributed by atoms with van der Waals surface area (Å²) in [5, 5.41) is 0. The minimum Gasteiger partial charge on any atom is -0.491 e. The van der Waals surface area contributed by atoms with E-state index in [0.717, 1.165) is 24.4 Å². The Labute approximate surface area is 124 Å². The molecule has 1 rings (SSSR count). The molecule has 114 valence electrons. The van der Waals surface area contributed by atoms with Crippen LogP contribution in [0.5, 0.6) is 5.75 Å². The first-order valence-corrected chi connectivity index (χ1v) is 7.60. The van der Waals surface area contributed by atoms with Crippen molar-refractivity contribution in [3.8, 4) is 5.75 Å². The van der Waals surface area contributed by atoms with Gasteiger partial charge < -0.3 is 10.5 Å². The average Bonchev–Trinajstić information content (AvgIpc) is 2.38. The largest absolute Gasteiger partial charge is 0.491 e. The highest BCUT2D eigenvalue weighted by Crippen LogP contribution is 2.30. The number of rotatable bonds is 7. The number of hydrogen-bond donors (Lipinski definition) is 1. The van der Waals surface area contributed by atoms with Gasteiger partial charge in [-0.3, -0.25) is 4.90 Å². The predicted octanol–water partition coefficient (Wildman–Crippen LogP) is 3.59. The van der Waals surface area contributed by atoms with Gasteiger partial charge in [-0.05, 0) is 58.5 Å². The highest BCUT2D eigenvalue weighted by Gasteiger charge is 2.32. The zero-order valence-electron chi connectivity index (χ0n) is 13.8. The second-order valence-corrected chi connectivity index (χ2v) is 6.04. The van der Waals surface area contributed by atoms with Crippen LogP contribution < -0.4 is 10.5 Å². The van der Waals surface area contributed by atoms with Crippen molar-refractivity contribution in [2.24, 2.45) is 5.73 Å². The van der Waals surface area contributed by atoms with Gasteiger partial charge in [0.15, 0.2) is 0 Å². The molecule has 0 fully saturated rings. The van der Waals surface area contributed by atoms with Crippen molar-refractivity contribution in [1.82, 2.24) is 4.90 Å². The van der Waals surface area contributed by atoms with E-state index in [9.17, 15) is 0 Å². The molecule has 2 N–H and O–H groups in total. The fourth-order valence-electron chi connectivity index (χ4n) is 2.70. The number of hydrogen-bond acceptors (Lipinski definition) is 3. The van der Waals surface area contributed by atoms with E-state index in [1.807, 2.05) is 26.0 Å². The van der Waals surface area contributed by atoms with Crippen molar-refractivity contribution in [2.75, 3.05) is 13.1 Å². The molecule has 3 heteroatoms. The van der Waals surface area contributed by atoms with E-state index in [-0.39, 0.29) is 17.7 Å². The lowest BCUT2D eigenvalue weighted by Crippen LogP contribution is -2.51. The third-order valence-corrected chi connectivity index (χ3v) is 3.93. The van der Waals surface area contributed by atoms with Crippen molar-refractivity contribution in [1.29, 1.82) is 0 Å².